The Balaban J connectivity index is 1.61. The molecular formula is C32H23BrN2O. The lowest BCUT2D eigenvalue weighted by Gasteiger charge is -2.16. The van der Waals surface area contributed by atoms with Crippen molar-refractivity contribution in [2.24, 2.45) is 0 Å². The zero-order valence-electron chi connectivity index (χ0n) is 19.7. The predicted octanol–water partition coefficient (Wildman–Crippen LogP) is 8.80. The molecule has 4 aromatic carbocycles. The Bertz CT molecular complexity index is 1700. The molecule has 174 valence electrons. The monoisotopic (exact) mass is 530 g/mol. The number of hydrogen-bond donors (Lipinski definition) is 0. The Hall–Kier alpha value is -4.15. The van der Waals surface area contributed by atoms with Crippen LogP contribution in [-0.2, 0) is 0 Å². The molecule has 2 aromatic heterocycles. The van der Waals surface area contributed by atoms with Gasteiger partial charge in [0.2, 0.25) is 0 Å². The van der Waals surface area contributed by atoms with Crippen molar-refractivity contribution in [3.05, 3.63) is 126 Å². The van der Waals surface area contributed by atoms with E-state index < -0.39 is 0 Å². The Kier molecular flexibility index (Phi) is 5.88. The number of para-hydroxylation sites is 3. The number of pyridine rings is 1. The van der Waals surface area contributed by atoms with E-state index in [1.54, 1.807) is 7.11 Å². The zero-order valence-corrected chi connectivity index (χ0v) is 21.3. The summed E-state index contributed by atoms with van der Waals surface area (Å²) < 4.78 is 8.96. The molecule has 0 N–H and O–H groups in total. The second-order valence-electron chi connectivity index (χ2n) is 8.60. The molecular weight excluding hydrogens is 508 g/mol. The van der Waals surface area contributed by atoms with Crippen LogP contribution in [-0.4, -0.2) is 16.7 Å². The fraction of sp³-hybridized carbons (Fsp3) is 0.0312. The molecule has 0 saturated carbocycles. The maximum absolute atomic E-state index is 5.69. The number of methoxy groups -OCH3 is 1. The largest absolute Gasteiger partial charge is 0.496 e. The Morgan fingerprint density at radius 1 is 0.667 bits per heavy atom. The van der Waals surface area contributed by atoms with E-state index in [0.29, 0.717) is 0 Å². The summed E-state index contributed by atoms with van der Waals surface area (Å²) in [6, 6.07) is 39.8. The highest BCUT2D eigenvalue weighted by Crippen LogP contribution is 2.37. The Morgan fingerprint density at radius 3 is 2.28 bits per heavy atom. The highest BCUT2D eigenvalue weighted by Gasteiger charge is 2.15. The lowest BCUT2D eigenvalue weighted by atomic mass is 9.98. The summed E-state index contributed by atoms with van der Waals surface area (Å²) in [6.07, 6.45) is 2.14. The fourth-order valence-electron chi connectivity index (χ4n) is 4.70. The molecule has 0 fully saturated rings. The normalized spacial score (nSPS) is 11.1. The van der Waals surface area contributed by atoms with E-state index in [2.05, 4.69) is 112 Å². The predicted molar refractivity (Wildman–Crippen MR) is 152 cm³/mol. The van der Waals surface area contributed by atoms with Crippen LogP contribution in [0.15, 0.2) is 126 Å². The zero-order chi connectivity index (χ0) is 24.5. The molecule has 3 nitrogen and oxygen atoms in total. The van der Waals surface area contributed by atoms with E-state index in [1.165, 1.54) is 10.9 Å². The van der Waals surface area contributed by atoms with Crippen LogP contribution < -0.4 is 4.74 Å². The van der Waals surface area contributed by atoms with Crippen LogP contribution in [0.25, 0.3) is 50.2 Å². The minimum atomic E-state index is 0.798. The summed E-state index contributed by atoms with van der Waals surface area (Å²) in [5.74, 6) is 0.798. The third kappa shape index (κ3) is 4.10. The molecule has 36 heavy (non-hydrogen) atoms. The summed E-state index contributed by atoms with van der Waals surface area (Å²) in [6.45, 7) is 0. The summed E-state index contributed by atoms with van der Waals surface area (Å²) in [5.41, 5.74) is 8.30. The first-order valence-electron chi connectivity index (χ1n) is 11.8. The minimum absolute atomic E-state index is 0.798. The average molecular weight is 531 g/mol. The van der Waals surface area contributed by atoms with Gasteiger partial charge >= 0.3 is 0 Å². The van der Waals surface area contributed by atoms with Crippen LogP contribution in [0.2, 0.25) is 0 Å². The van der Waals surface area contributed by atoms with Crippen LogP contribution in [0.3, 0.4) is 0 Å². The average Bonchev–Trinajstić information content (AvgIpc) is 3.37. The lowest BCUT2D eigenvalue weighted by molar-refractivity contribution is 0.416. The van der Waals surface area contributed by atoms with E-state index in [9.17, 15) is 0 Å². The second-order valence-corrected chi connectivity index (χ2v) is 9.51. The summed E-state index contributed by atoms with van der Waals surface area (Å²) >= 11 is 3.62. The molecule has 0 atom stereocenters. The van der Waals surface area contributed by atoms with Crippen molar-refractivity contribution in [1.82, 2.24) is 9.55 Å². The first-order valence-corrected chi connectivity index (χ1v) is 12.6. The lowest BCUT2D eigenvalue weighted by Crippen LogP contribution is -1.98. The summed E-state index contributed by atoms with van der Waals surface area (Å²) in [4.78, 5) is 5.08. The van der Waals surface area contributed by atoms with Crippen molar-refractivity contribution in [3.8, 4) is 45.1 Å². The molecule has 0 aliphatic rings. The molecule has 0 bridgehead atoms. The quantitative estimate of drug-likeness (QED) is 0.222. The number of nitrogens with zero attached hydrogens (tertiary/aromatic N) is 2. The van der Waals surface area contributed by atoms with Crippen LogP contribution >= 0.6 is 15.9 Å². The first kappa shape index (κ1) is 22.3. The molecule has 0 aliphatic carbocycles. The Morgan fingerprint density at radius 2 is 1.42 bits per heavy atom. The molecule has 6 aromatic rings. The van der Waals surface area contributed by atoms with Crippen LogP contribution in [0.5, 0.6) is 5.75 Å². The number of benzene rings is 4. The standard InChI is InChI=1S/C32H23BrN2O/c1-36-32-16-7-4-13-27(32)29-21-24(20-28(34-29)23-10-8-11-25(33)19-23)26-12-3-6-15-31(26)35-18-17-22-9-2-5-14-30(22)35/h2-21H,1H3. The highest BCUT2D eigenvalue weighted by atomic mass is 79.9. The molecule has 6 rings (SSSR count). The van der Waals surface area contributed by atoms with Crippen molar-refractivity contribution in [3.63, 3.8) is 0 Å². The van der Waals surface area contributed by atoms with Gasteiger partial charge in [0.15, 0.2) is 0 Å². The first-order chi connectivity index (χ1) is 17.7. The SMILES string of the molecule is COc1ccccc1-c1cc(-c2ccccc2-n2ccc3ccccc32)cc(-c2cccc(Br)c2)n1. The summed E-state index contributed by atoms with van der Waals surface area (Å²) in [7, 11) is 1.70. The van der Waals surface area contributed by atoms with E-state index in [4.69, 9.17) is 9.72 Å². The maximum Gasteiger partial charge on any atom is 0.128 e. The molecule has 4 heteroatoms. The highest BCUT2D eigenvalue weighted by molar-refractivity contribution is 9.10. The molecule has 0 amide bonds. The van der Waals surface area contributed by atoms with Gasteiger partial charge in [-0.25, -0.2) is 4.98 Å². The van der Waals surface area contributed by atoms with Gasteiger partial charge in [-0.1, -0.05) is 76.6 Å². The number of aromatic nitrogens is 2. The van der Waals surface area contributed by atoms with Gasteiger partial charge in [-0.15, -0.1) is 0 Å². The van der Waals surface area contributed by atoms with Crippen molar-refractivity contribution in [1.29, 1.82) is 0 Å². The third-order valence-corrected chi connectivity index (χ3v) is 6.90. The Labute approximate surface area is 218 Å². The van der Waals surface area contributed by atoms with Crippen LogP contribution in [0, 0.1) is 0 Å². The molecule has 2 heterocycles. The van der Waals surface area contributed by atoms with Gasteiger partial charge in [-0.05, 0) is 65.5 Å². The van der Waals surface area contributed by atoms with Gasteiger partial charge in [-0.2, -0.15) is 0 Å². The smallest absolute Gasteiger partial charge is 0.128 e. The van der Waals surface area contributed by atoms with Gasteiger partial charge < -0.3 is 9.30 Å². The molecule has 0 saturated heterocycles. The van der Waals surface area contributed by atoms with Crippen molar-refractivity contribution < 1.29 is 4.74 Å². The third-order valence-electron chi connectivity index (χ3n) is 6.40. The molecule has 0 aliphatic heterocycles. The minimum Gasteiger partial charge on any atom is -0.496 e. The number of fused-ring (bicyclic) bond motifs is 1. The number of hydrogen-bond acceptors (Lipinski definition) is 2. The van der Waals surface area contributed by atoms with Crippen molar-refractivity contribution >= 4 is 26.8 Å². The van der Waals surface area contributed by atoms with Gasteiger partial charge in [0, 0.05) is 27.4 Å². The number of halogens is 1. The van der Waals surface area contributed by atoms with Gasteiger partial charge in [0.25, 0.3) is 0 Å². The van der Waals surface area contributed by atoms with E-state index in [0.717, 1.165) is 49.6 Å². The molecule has 0 unspecified atom stereocenters. The van der Waals surface area contributed by atoms with Crippen molar-refractivity contribution in [2.45, 2.75) is 0 Å². The van der Waals surface area contributed by atoms with Gasteiger partial charge in [0.1, 0.15) is 5.75 Å². The van der Waals surface area contributed by atoms with E-state index in [1.807, 2.05) is 30.3 Å². The maximum atomic E-state index is 5.69. The van der Waals surface area contributed by atoms with E-state index >= 15 is 0 Å². The summed E-state index contributed by atoms with van der Waals surface area (Å²) in [5, 5.41) is 1.21. The van der Waals surface area contributed by atoms with E-state index in [-0.39, 0.29) is 0 Å². The van der Waals surface area contributed by atoms with Gasteiger partial charge in [0.05, 0.1) is 29.7 Å². The molecule has 0 radical (unpaired) electrons. The topological polar surface area (TPSA) is 27.1 Å². The fourth-order valence-corrected chi connectivity index (χ4v) is 5.10. The van der Waals surface area contributed by atoms with Crippen LogP contribution in [0.4, 0.5) is 0 Å². The molecule has 0 spiro atoms. The van der Waals surface area contributed by atoms with Crippen LogP contribution in [0.1, 0.15) is 0 Å². The second kappa shape index (κ2) is 9.48. The van der Waals surface area contributed by atoms with Crippen molar-refractivity contribution in [2.75, 3.05) is 7.11 Å². The number of rotatable bonds is 5. The van der Waals surface area contributed by atoms with Gasteiger partial charge in [-0.3, -0.25) is 0 Å². The number of ether oxygens (including phenoxy) is 1.